The molecule has 0 aliphatic heterocycles. The molecule has 1 aliphatic carbocycles. The molecule has 0 atom stereocenters. The zero-order valence-electron chi connectivity index (χ0n) is 10.4. The number of nitrogens with one attached hydrogen (secondary N) is 1. The summed E-state index contributed by atoms with van der Waals surface area (Å²) in [5.41, 5.74) is -1.57. The zero-order valence-corrected chi connectivity index (χ0v) is 11.3. The van der Waals surface area contributed by atoms with Gasteiger partial charge in [0.25, 0.3) is 0 Å². The van der Waals surface area contributed by atoms with Gasteiger partial charge in [0.15, 0.2) is 0 Å². The largest absolute Gasteiger partial charge is 0.419 e. The summed E-state index contributed by atoms with van der Waals surface area (Å²) in [5, 5.41) is 2.37. The van der Waals surface area contributed by atoms with E-state index in [1.165, 1.54) is 0 Å². The van der Waals surface area contributed by atoms with E-state index in [-0.39, 0.29) is 23.4 Å². The smallest absolute Gasteiger partial charge is 0.326 e. The summed E-state index contributed by atoms with van der Waals surface area (Å²) in [4.78, 5) is 11.8. The lowest BCUT2D eigenvalue weighted by molar-refractivity contribution is -0.140. The van der Waals surface area contributed by atoms with Crippen LogP contribution < -0.4 is 5.32 Å². The van der Waals surface area contributed by atoms with Gasteiger partial charge < -0.3 is 5.32 Å². The number of benzene rings is 1. The molecule has 1 N–H and O–H groups in total. The Morgan fingerprint density at radius 1 is 1.35 bits per heavy atom. The van der Waals surface area contributed by atoms with E-state index in [0.29, 0.717) is 17.9 Å². The normalized spacial score (nSPS) is 16.9. The summed E-state index contributed by atoms with van der Waals surface area (Å²) in [6.45, 7) is 0. The molecule has 1 saturated carbocycles. The summed E-state index contributed by atoms with van der Waals surface area (Å²) in [6, 6.07) is 2.42. The Bertz CT molecular complexity index is 526. The van der Waals surface area contributed by atoms with Crippen LogP contribution in [0.4, 0.5) is 23.2 Å². The van der Waals surface area contributed by atoms with Crippen molar-refractivity contribution in [1.29, 1.82) is 0 Å². The molecule has 7 heteroatoms. The molecular weight excluding hydrogens is 294 g/mol. The first-order valence-corrected chi connectivity index (χ1v) is 6.66. The minimum atomic E-state index is -4.78. The first kappa shape index (κ1) is 15.2. The quantitative estimate of drug-likeness (QED) is 0.641. The summed E-state index contributed by atoms with van der Waals surface area (Å²) in [5.74, 6) is -1.17. The number of amides is 1. The molecule has 1 aromatic carbocycles. The minimum absolute atomic E-state index is 0.0568. The maximum absolute atomic E-state index is 13.1. The van der Waals surface area contributed by atoms with Crippen molar-refractivity contribution in [2.75, 3.05) is 11.1 Å². The first-order chi connectivity index (χ1) is 9.26. The Labute approximate surface area is 119 Å². The van der Waals surface area contributed by atoms with Crippen molar-refractivity contribution in [2.24, 2.45) is 5.41 Å². The van der Waals surface area contributed by atoms with E-state index in [2.05, 4.69) is 17.9 Å². The van der Waals surface area contributed by atoms with Crippen LogP contribution in [0.3, 0.4) is 0 Å². The minimum Gasteiger partial charge on any atom is -0.326 e. The lowest BCUT2D eigenvalue weighted by Crippen LogP contribution is -2.19. The molecular formula is C13H13F4NOS. The molecule has 2 rings (SSSR count). The molecule has 110 valence electrons. The predicted octanol–water partition coefficient (Wildman–Crippen LogP) is 3.88. The summed E-state index contributed by atoms with van der Waals surface area (Å²) in [7, 11) is 0. The van der Waals surface area contributed by atoms with Gasteiger partial charge in [-0.1, -0.05) is 0 Å². The van der Waals surface area contributed by atoms with E-state index in [0.717, 1.165) is 18.9 Å². The molecule has 1 aliphatic rings. The van der Waals surface area contributed by atoms with Crippen LogP contribution in [-0.2, 0) is 11.0 Å². The second kappa shape index (κ2) is 5.27. The van der Waals surface area contributed by atoms with Gasteiger partial charge in [-0.2, -0.15) is 25.8 Å². The average Bonchev–Trinajstić information content (AvgIpc) is 3.10. The van der Waals surface area contributed by atoms with E-state index in [4.69, 9.17) is 0 Å². The summed E-state index contributed by atoms with van der Waals surface area (Å²) in [6.07, 6.45) is -2.79. The number of carbonyl (C=O) groups excluding carboxylic acids is 1. The van der Waals surface area contributed by atoms with E-state index in [1.807, 2.05) is 0 Å². The van der Waals surface area contributed by atoms with Gasteiger partial charge in [-0.3, -0.25) is 4.79 Å². The van der Waals surface area contributed by atoms with Crippen LogP contribution in [-0.4, -0.2) is 11.7 Å². The molecule has 0 unspecified atom stereocenters. The number of thiol groups is 1. The molecule has 1 fully saturated rings. The van der Waals surface area contributed by atoms with Crippen molar-refractivity contribution in [1.82, 2.24) is 0 Å². The third-order valence-electron chi connectivity index (χ3n) is 3.38. The maximum Gasteiger partial charge on any atom is 0.419 e. The van der Waals surface area contributed by atoms with Crippen LogP contribution in [0.1, 0.15) is 24.8 Å². The lowest BCUT2D eigenvalue weighted by Gasteiger charge is -2.13. The Balaban J connectivity index is 2.08. The first-order valence-electron chi connectivity index (χ1n) is 6.03. The second-order valence-electron chi connectivity index (χ2n) is 5.08. The fourth-order valence-corrected chi connectivity index (χ4v) is 2.36. The van der Waals surface area contributed by atoms with Crippen LogP contribution in [0.15, 0.2) is 18.2 Å². The fourth-order valence-electron chi connectivity index (χ4n) is 1.93. The predicted molar refractivity (Wildman–Crippen MR) is 70.2 cm³/mol. The van der Waals surface area contributed by atoms with Gasteiger partial charge >= 0.3 is 6.18 Å². The molecule has 2 nitrogen and oxygen atoms in total. The Kier molecular flexibility index (Phi) is 4.00. The molecule has 0 spiro atoms. The number of rotatable bonds is 4. The van der Waals surface area contributed by atoms with E-state index in [1.54, 1.807) is 0 Å². The van der Waals surface area contributed by atoms with Gasteiger partial charge in [0.1, 0.15) is 5.82 Å². The summed E-state index contributed by atoms with van der Waals surface area (Å²) < 4.78 is 50.7. The highest BCUT2D eigenvalue weighted by Crippen LogP contribution is 2.49. The van der Waals surface area contributed by atoms with E-state index >= 15 is 0 Å². The van der Waals surface area contributed by atoms with Gasteiger partial charge in [0, 0.05) is 12.1 Å². The van der Waals surface area contributed by atoms with Gasteiger partial charge in [-0.15, -0.1) is 0 Å². The monoisotopic (exact) mass is 307 g/mol. The number of carbonyl (C=O) groups is 1. The third kappa shape index (κ3) is 3.45. The number of alkyl halides is 3. The SMILES string of the molecule is O=C(CC1(CS)CC1)Nc1ccc(F)c(C(F)(F)F)c1. The van der Waals surface area contributed by atoms with Gasteiger partial charge in [0.05, 0.1) is 5.56 Å². The average molecular weight is 307 g/mol. The molecule has 0 bridgehead atoms. The molecule has 1 aromatic rings. The lowest BCUT2D eigenvalue weighted by atomic mass is 10.0. The van der Waals surface area contributed by atoms with Crippen LogP contribution in [0.25, 0.3) is 0 Å². The standard InChI is InChI=1S/C13H13F4NOS/c14-10-2-1-8(5-9(10)13(15,16)17)18-11(19)6-12(7-20)3-4-12/h1-2,5,20H,3-4,6-7H2,(H,18,19). The highest BCUT2D eigenvalue weighted by atomic mass is 32.1. The topological polar surface area (TPSA) is 29.1 Å². The summed E-state index contributed by atoms with van der Waals surface area (Å²) >= 11 is 4.15. The van der Waals surface area contributed by atoms with Crippen molar-refractivity contribution in [2.45, 2.75) is 25.4 Å². The van der Waals surface area contributed by atoms with Gasteiger partial charge in [0.2, 0.25) is 5.91 Å². The third-order valence-corrected chi connectivity index (χ3v) is 4.05. The van der Waals surface area contributed by atoms with Crippen LogP contribution >= 0.6 is 12.6 Å². The van der Waals surface area contributed by atoms with Crippen LogP contribution in [0, 0.1) is 11.2 Å². The second-order valence-corrected chi connectivity index (χ2v) is 5.39. The van der Waals surface area contributed by atoms with Gasteiger partial charge in [-0.25, -0.2) is 4.39 Å². The van der Waals surface area contributed by atoms with Crippen molar-refractivity contribution in [3.05, 3.63) is 29.6 Å². The number of anilines is 1. The van der Waals surface area contributed by atoms with Crippen molar-refractivity contribution >= 4 is 24.2 Å². The molecule has 0 radical (unpaired) electrons. The van der Waals surface area contributed by atoms with Crippen LogP contribution in [0.2, 0.25) is 0 Å². The van der Waals surface area contributed by atoms with Crippen LogP contribution in [0.5, 0.6) is 0 Å². The zero-order chi connectivity index (χ0) is 15.0. The fraction of sp³-hybridized carbons (Fsp3) is 0.462. The van der Waals surface area contributed by atoms with Crippen molar-refractivity contribution in [3.8, 4) is 0 Å². The number of hydrogen-bond acceptors (Lipinski definition) is 2. The molecule has 0 aromatic heterocycles. The van der Waals surface area contributed by atoms with E-state index in [9.17, 15) is 22.4 Å². The van der Waals surface area contributed by atoms with Crippen molar-refractivity contribution in [3.63, 3.8) is 0 Å². The highest BCUT2D eigenvalue weighted by Gasteiger charge is 2.43. The molecule has 1 amide bonds. The number of hydrogen-bond donors (Lipinski definition) is 2. The van der Waals surface area contributed by atoms with Gasteiger partial charge in [-0.05, 0) is 42.2 Å². The highest BCUT2D eigenvalue weighted by molar-refractivity contribution is 7.80. The molecule has 0 heterocycles. The number of halogens is 4. The Morgan fingerprint density at radius 2 is 2.00 bits per heavy atom. The Morgan fingerprint density at radius 3 is 2.50 bits per heavy atom. The molecule has 20 heavy (non-hydrogen) atoms. The molecule has 0 saturated heterocycles. The Hall–Kier alpha value is -1.24. The van der Waals surface area contributed by atoms with Crippen molar-refractivity contribution < 1.29 is 22.4 Å². The maximum atomic E-state index is 13.1. The van der Waals surface area contributed by atoms with E-state index < -0.39 is 17.6 Å².